The van der Waals surface area contributed by atoms with Gasteiger partial charge >= 0.3 is 0 Å². The molecule has 1 fully saturated rings. The lowest BCUT2D eigenvalue weighted by atomic mass is 9.99. The number of anilines is 1. The van der Waals surface area contributed by atoms with Crippen LogP contribution in [0.2, 0.25) is 0 Å². The first-order valence-corrected chi connectivity index (χ1v) is 10.0. The van der Waals surface area contributed by atoms with Gasteiger partial charge in [-0.25, -0.2) is 0 Å². The molecular weight excluding hydrogens is 320 g/mol. The van der Waals surface area contributed by atoms with Crippen molar-refractivity contribution in [1.29, 1.82) is 0 Å². The molecule has 2 atom stereocenters. The quantitative estimate of drug-likeness (QED) is 0.837. The van der Waals surface area contributed by atoms with Crippen LogP contribution in [0.5, 0.6) is 5.75 Å². The Morgan fingerprint density at radius 2 is 1.92 bits per heavy atom. The standard InChI is InChI=1S/C23H30N2O/c1-26-22-13-12-18-10-11-19(23(18)15-22)16-24-17-21-9-5-6-14-25(21)20-7-3-2-4-8-20/h2-4,7-8,12-13,15,19,21,24H,5-6,9-11,14,16-17H2,1H3/t19-,21+/m1/s1. The Morgan fingerprint density at radius 3 is 2.77 bits per heavy atom. The smallest absolute Gasteiger partial charge is 0.119 e. The van der Waals surface area contributed by atoms with Crippen molar-refractivity contribution in [3.8, 4) is 5.75 Å². The molecule has 2 aromatic rings. The van der Waals surface area contributed by atoms with Crippen molar-refractivity contribution in [3.05, 3.63) is 59.7 Å². The van der Waals surface area contributed by atoms with Gasteiger partial charge in [-0.2, -0.15) is 0 Å². The molecule has 2 aromatic carbocycles. The first-order chi connectivity index (χ1) is 12.8. The van der Waals surface area contributed by atoms with Gasteiger partial charge in [0.15, 0.2) is 0 Å². The van der Waals surface area contributed by atoms with Gasteiger partial charge in [0.05, 0.1) is 7.11 Å². The predicted octanol–water partition coefficient (Wildman–Crippen LogP) is 4.37. The number of ether oxygens (including phenoxy) is 1. The van der Waals surface area contributed by atoms with Crippen LogP contribution in [0, 0.1) is 0 Å². The Hall–Kier alpha value is -2.00. The van der Waals surface area contributed by atoms with E-state index in [0.717, 1.165) is 18.8 Å². The van der Waals surface area contributed by atoms with E-state index >= 15 is 0 Å². The number of hydrogen-bond donors (Lipinski definition) is 1. The van der Waals surface area contributed by atoms with Gasteiger partial charge < -0.3 is 15.0 Å². The average molecular weight is 351 g/mol. The summed E-state index contributed by atoms with van der Waals surface area (Å²) in [6, 6.07) is 18.1. The fourth-order valence-electron chi connectivity index (χ4n) is 4.60. The van der Waals surface area contributed by atoms with E-state index in [-0.39, 0.29) is 0 Å². The summed E-state index contributed by atoms with van der Waals surface area (Å²) < 4.78 is 5.42. The van der Waals surface area contributed by atoms with Gasteiger partial charge in [0, 0.05) is 31.4 Å². The van der Waals surface area contributed by atoms with Gasteiger partial charge in [0.1, 0.15) is 5.75 Å². The van der Waals surface area contributed by atoms with Crippen molar-refractivity contribution >= 4 is 5.69 Å². The summed E-state index contributed by atoms with van der Waals surface area (Å²) in [5.74, 6) is 1.60. The Morgan fingerprint density at radius 1 is 1.04 bits per heavy atom. The summed E-state index contributed by atoms with van der Waals surface area (Å²) in [7, 11) is 1.76. The summed E-state index contributed by atoms with van der Waals surface area (Å²) in [5.41, 5.74) is 4.36. The highest BCUT2D eigenvalue weighted by atomic mass is 16.5. The third-order valence-electron chi connectivity index (χ3n) is 6.04. The third kappa shape index (κ3) is 3.73. The van der Waals surface area contributed by atoms with E-state index in [2.05, 4.69) is 58.7 Å². The molecule has 0 unspecified atom stereocenters. The average Bonchev–Trinajstić information content (AvgIpc) is 3.11. The Kier molecular flexibility index (Phi) is 5.45. The highest BCUT2D eigenvalue weighted by Crippen LogP contribution is 2.35. The molecule has 0 saturated carbocycles. The zero-order valence-corrected chi connectivity index (χ0v) is 15.8. The molecule has 1 N–H and O–H groups in total. The van der Waals surface area contributed by atoms with E-state index in [1.54, 1.807) is 7.11 Å². The second-order valence-electron chi connectivity index (χ2n) is 7.64. The molecule has 4 rings (SSSR count). The number of rotatable bonds is 6. The topological polar surface area (TPSA) is 24.5 Å². The number of aryl methyl sites for hydroxylation is 1. The maximum absolute atomic E-state index is 5.42. The first kappa shape index (κ1) is 17.4. The molecule has 138 valence electrons. The van der Waals surface area contributed by atoms with Crippen molar-refractivity contribution in [3.63, 3.8) is 0 Å². The van der Waals surface area contributed by atoms with Crippen molar-refractivity contribution < 1.29 is 4.74 Å². The molecule has 0 amide bonds. The second-order valence-corrected chi connectivity index (χ2v) is 7.64. The number of nitrogens with zero attached hydrogens (tertiary/aromatic N) is 1. The highest BCUT2D eigenvalue weighted by Gasteiger charge is 2.25. The number of methoxy groups -OCH3 is 1. The molecule has 26 heavy (non-hydrogen) atoms. The van der Waals surface area contributed by atoms with Crippen molar-refractivity contribution in [2.45, 2.75) is 44.1 Å². The molecule has 1 heterocycles. The second kappa shape index (κ2) is 8.13. The lowest BCUT2D eigenvalue weighted by molar-refractivity contribution is 0.413. The van der Waals surface area contributed by atoms with Crippen molar-refractivity contribution in [1.82, 2.24) is 5.32 Å². The first-order valence-electron chi connectivity index (χ1n) is 10.0. The number of benzene rings is 2. The molecule has 0 radical (unpaired) electrons. The number of nitrogens with one attached hydrogen (secondary N) is 1. The van der Waals surface area contributed by atoms with Crippen LogP contribution in [0.15, 0.2) is 48.5 Å². The third-order valence-corrected chi connectivity index (χ3v) is 6.04. The summed E-state index contributed by atoms with van der Waals surface area (Å²) in [6.07, 6.45) is 6.39. The van der Waals surface area contributed by atoms with E-state index in [4.69, 9.17) is 4.74 Å². The largest absolute Gasteiger partial charge is 0.497 e. The molecule has 3 nitrogen and oxygen atoms in total. The Balaban J connectivity index is 1.36. The number of hydrogen-bond acceptors (Lipinski definition) is 3. The van der Waals surface area contributed by atoms with Gasteiger partial charge in [-0.15, -0.1) is 0 Å². The van der Waals surface area contributed by atoms with E-state index in [1.807, 2.05) is 0 Å². The monoisotopic (exact) mass is 350 g/mol. The van der Waals surface area contributed by atoms with Crippen LogP contribution in [-0.4, -0.2) is 32.8 Å². The highest BCUT2D eigenvalue weighted by molar-refractivity contribution is 5.47. The molecule has 0 bridgehead atoms. The van der Waals surface area contributed by atoms with Gasteiger partial charge in [-0.3, -0.25) is 0 Å². The minimum Gasteiger partial charge on any atom is -0.497 e. The lowest BCUT2D eigenvalue weighted by Gasteiger charge is -2.38. The van der Waals surface area contributed by atoms with Crippen LogP contribution >= 0.6 is 0 Å². The van der Waals surface area contributed by atoms with Crippen LogP contribution < -0.4 is 15.0 Å². The number of piperidine rings is 1. The predicted molar refractivity (Wildman–Crippen MR) is 108 cm³/mol. The lowest BCUT2D eigenvalue weighted by Crippen LogP contribution is -2.46. The van der Waals surface area contributed by atoms with Crippen LogP contribution in [0.4, 0.5) is 5.69 Å². The van der Waals surface area contributed by atoms with Crippen LogP contribution in [0.3, 0.4) is 0 Å². The van der Waals surface area contributed by atoms with Crippen molar-refractivity contribution in [2.24, 2.45) is 0 Å². The molecule has 0 spiro atoms. The summed E-state index contributed by atoms with van der Waals surface area (Å²) >= 11 is 0. The van der Waals surface area contributed by atoms with Crippen LogP contribution in [0.25, 0.3) is 0 Å². The number of fused-ring (bicyclic) bond motifs is 1. The minimum absolute atomic E-state index is 0.609. The Bertz CT molecular complexity index is 715. The summed E-state index contributed by atoms with van der Waals surface area (Å²) in [5, 5.41) is 3.79. The van der Waals surface area contributed by atoms with Gasteiger partial charge in [-0.1, -0.05) is 24.3 Å². The number of para-hydroxylation sites is 1. The van der Waals surface area contributed by atoms with E-state index in [0.29, 0.717) is 12.0 Å². The molecule has 2 aliphatic rings. The Labute approximate surface area is 157 Å². The zero-order valence-electron chi connectivity index (χ0n) is 15.8. The van der Waals surface area contributed by atoms with E-state index in [9.17, 15) is 0 Å². The molecule has 0 aromatic heterocycles. The normalized spacial score (nSPS) is 22.3. The summed E-state index contributed by atoms with van der Waals surface area (Å²) in [6.45, 7) is 3.32. The minimum atomic E-state index is 0.609. The maximum atomic E-state index is 5.42. The van der Waals surface area contributed by atoms with E-state index in [1.165, 1.54) is 55.5 Å². The van der Waals surface area contributed by atoms with Gasteiger partial charge in [-0.05, 0) is 73.4 Å². The maximum Gasteiger partial charge on any atom is 0.119 e. The molecule has 1 aliphatic heterocycles. The fourth-order valence-corrected chi connectivity index (χ4v) is 4.60. The van der Waals surface area contributed by atoms with Crippen LogP contribution in [0.1, 0.15) is 42.7 Å². The SMILES string of the molecule is COc1ccc2c(c1)[C@@H](CNC[C@@H]1CCCCN1c1ccccc1)CC2. The summed E-state index contributed by atoms with van der Waals surface area (Å²) in [4.78, 5) is 2.60. The molecular formula is C23H30N2O. The zero-order chi connectivity index (χ0) is 17.8. The van der Waals surface area contributed by atoms with Gasteiger partial charge in [0.25, 0.3) is 0 Å². The van der Waals surface area contributed by atoms with Crippen LogP contribution in [-0.2, 0) is 6.42 Å². The van der Waals surface area contributed by atoms with Gasteiger partial charge in [0.2, 0.25) is 0 Å². The van der Waals surface area contributed by atoms with E-state index < -0.39 is 0 Å². The molecule has 1 saturated heterocycles. The fraction of sp³-hybridized carbons (Fsp3) is 0.478. The molecule has 1 aliphatic carbocycles. The molecule has 3 heteroatoms. The van der Waals surface area contributed by atoms with Crippen molar-refractivity contribution in [2.75, 3.05) is 31.6 Å².